The maximum Gasteiger partial charge on any atom is 0.410 e. The largest absolute Gasteiger partial charge is 0.461 e. The minimum absolute atomic E-state index is 0.0341. The Bertz CT molecular complexity index is 1950. The summed E-state index contributed by atoms with van der Waals surface area (Å²) in [5.41, 5.74) is 0.529. The van der Waals surface area contributed by atoms with E-state index in [1.165, 1.54) is 0 Å². The lowest BCUT2D eigenvalue weighted by Crippen LogP contribution is -2.57. The standard InChI is InChI=1S/C37H41F2N7O3/c1-5-22-8-6-9-23-15-40-16-27(29(22)23)31-30(39)32-28(17-41-31)33(43-34(42-32)48-21-37-12-7-13-45(37)18-24(38)14-37)44-19-25-10-11-26(20-44)46(25)35(47)49-36(2,3)4/h5-6,8-9,15-17,24-26H,1,7,10-14,18-21H2,2-4H3/t24?,25-,26+,37?. The molecule has 256 valence electrons. The molecule has 4 fully saturated rings. The van der Waals surface area contributed by atoms with E-state index in [9.17, 15) is 9.18 Å². The molecule has 2 unspecified atom stereocenters. The minimum atomic E-state index is -0.908. The highest BCUT2D eigenvalue weighted by Crippen LogP contribution is 2.42. The van der Waals surface area contributed by atoms with E-state index >= 15 is 4.39 Å². The monoisotopic (exact) mass is 669 g/mol. The van der Waals surface area contributed by atoms with E-state index in [0.29, 0.717) is 42.8 Å². The van der Waals surface area contributed by atoms with E-state index in [-0.39, 0.29) is 42.0 Å². The predicted molar refractivity (Wildman–Crippen MR) is 184 cm³/mol. The first-order valence-electron chi connectivity index (χ1n) is 17.2. The first-order chi connectivity index (χ1) is 23.5. The van der Waals surface area contributed by atoms with Gasteiger partial charge in [0.15, 0.2) is 5.82 Å². The SMILES string of the molecule is C=Cc1cccc2cncc(-c3ncc4c(N5C[C@H]6CC[C@@H](C5)N6C(=O)OC(C)(C)C)nc(OCC56CCCN5CC(F)C6)nc4c3F)c12. The number of piperazine rings is 1. The molecule has 0 saturated carbocycles. The van der Waals surface area contributed by atoms with Gasteiger partial charge in [-0.1, -0.05) is 30.9 Å². The Hall–Kier alpha value is -4.45. The number of hydrogen-bond acceptors (Lipinski definition) is 9. The molecule has 10 nitrogen and oxygen atoms in total. The Balaban J connectivity index is 1.21. The molecular formula is C37H41F2N7O3. The molecular weight excluding hydrogens is 628 g/mol. The van der Waals surface area contributed by atoms with E-state index < -0.39 is 23.1 Å². The first kappa shape index (κ1) is 31.8. The van der Waals surface area contributed by atoms with Crippen molar-refractivity contribution < 1.29 is 23.0 Å². The average molecular weight is 670 g/mol. The van der Waals surface area contributed by atoms with Gasteiger partial charge < -0.3 is 14.4 Å². The lowest BCUT2D eigenvalue weighted by Gasteiger charge is -2.42. The smallest absolute Gasteiger partial charge is 0.410 e. The zero-order valence-electron chi connectivity index (χ0n) is 28.2. The summed E-state index contributed by atoms with van der Waals surface area (Å²) in [6, 6.07) is 5.61. The Morgan fingerprint density at radius 2 is 1.92 bits per heavy atom. The fraction of sp³-hybridized carbons (Fsp3) is 0.486. The van der Waals surface area contributed by atoms with Crippen molar-refractivity contribution in [1.82, 2.24) is 29.7 Å². The highest BCUT2D eigenvalue weighted by molar-refractivity contribution is 6.02. The molecule has 49 heavy (non-hydrogen) atoms. The van der Waals surface area contributed by atoms with Gasteiger partial charge in [-0.15, -0.1) is 0 Å². The third-order valence-corrected chi connectivity index (χ3v) is 10.6. The van der Waals surface area contributed by atoms with Gasteiger partial charge in [-0.25, -0.2) is 13.6 Å². The summed E-state index contributed by atoms with van der Waals surface area (Å²) >= 11 is 0. The summed E-state index contributed by atoms with van der Waals surface area (Å²) in [7, 11) is 0. The van der Waals surface area contributed by atoms with Crippen molar-refractivity contribution in [3.05, 3.63) is 54.7 Å². The van der Waals surface area contributed by atoms with E-state index in [0.717, 1.165) is 48.6 Å². The van der Waals surface area contributed by atoms with Gasteiger partial charge >= 0.3 is 12.1 Å². The maximum atomic E-state index is 16.9. The van der Waals surface area contributed by atoms with E-state index in [4.69, 9.17) is 14.5 Å². The normalized spacial score (nSPS) is 25.3. The minimum Gasteiger partial charge on any atom is -0.461 e. The number of rotatable bonds is 6. The van der Waals surface area contributed by atoms with Crippen LogP contribution in [0.15, 0.2) is 43.4 Å². The van der Waals surface area contributed by atoms with E-state index in [2.05, 4.69) is 31.3 Å². The van der Waals surface area contributed by atoms with Gasteiger partial charge in [0.1, 0.15) is 35.4 Å². The molecule has 1 amide bonds. The number of hydrogen-bond donors (Lipinski definition) is 0. The second-order valence-electron chi connectivity index (χ2n) is 14.9. The second-order valence-corrected chi connectivity index (χ2v) is 14.9. The summed E-state index contributed by atoms with van der Waals surface area (Å²) in [6.45, 7) is 12.0. The van der Waals surface area contributed by atoms with Crippen LogP contribution in [0.3, 0.4) is 0 Å². The molecule has 0 aliphatic carbocycles. The van der Waals surface area contributed by atoms with Crippen LogP contribution in [0.25, 0.3) is 39.0 Å². The number of fused-ring (bicyclic) bond motifs is 5. The van der Waals surface area contributed by atoms with Gasteiger partial charge in [-0.3, -0.25) is 19.8 Å². The molecule has 2 bridgehead atoms. The average Bonchev–Trinajstić information content (AvgIpc) is 3.69. The van der Waals surface area contributed by atoms with Crippen molar-refractivity contribution >= 4 is 39.7 Å². The second kappa shape index (κ2) is 11.9. The van der Waals surface area contributed by atoms with E-state index in [1.807, 2.05) is 43.9 Å². The number of ether oxygens (including phenoxy) is 2. The topological polar surface area (TPSA) is 96.8 Å². The highest BCUT2D eigenvalue weighted by atomic mass is 19.1. The number of carbonyl (C=O) groups is 1. The lowest BCUT2D eigenvalue weighted by atomic mass is 9.95. The number of anilines is 1. The summed E-state index contributed by atoms with van der Waals surface area (Å²) in [5, 5.41) is 2.08. The molecule has 4 aliphatic heterocycles. The van der Waals surface area contributed by atoms with Crippen LogP contribution >= 0.6 is 0 Å². The van der Waals surface area contributed by atoms with E-state index in [1.54, 1.807) is 24.7 Å². The lowest BCUT2D eigenvalue weighted by molar-refractivity contribution is 0.0122. The number of amides is 1. The quantitative estimate of drug-likeness (QED) is 0.226. The van der Waals surface area contributed by atoms with Gasteiger partial charge in [0.2, 0.25) is 0 Å². The van der Waals surface area contributed by atoms with Gasteiger partial charge in [-0.05, 0) is 58.6 Å². The van der Waals surface area contributed by atoms with Gasteiger partial charge in [-0.2, -0.15) is 9.97 Å². The molecule has 4 atom stereocenters. The Morgan fingerprint density at radius 1 is 1.12 bits per heavy atom. The first-order valence-corrected chi connectivity index (χ1v) is 17.2. The fourth-order valence-electron chi connectivity index (χ4n) is 8.46. The van der Waals surface area contributed by atoms with Crippen LogP contribution < -0.4 is 9.64 Å². The number of benzene rings is 1. The summed E-state index contributed by atoms with van der Waals surface area (Å²) < 4.78 is 43.6. The third kappa shape index (κ3) is 5.53. The fourth-order valence-corrected chi connectivity index (χ4v) is 8.46. The summed E-state index contributed by atoms with van der Waals surface area (Å²) in [6.07, 6.45) is 9.31. The van der Waals surface area contributed by atoms with Crippen molar-refractivity contribution in [3.8, 4) is 17.3 Å². The van der Waals surface area contributed by atoms with Gasteiger partial charge in [0.25, 0.3) is 0 Å². The van der Waals surface area contributed by atoms with Crippen LogP contribution in [0.1, 0.15) is 58.4 Å². The number of carbonyl (C=O) groups excluding carboxylic acids is 1. The molecule has 0 N–H and O–H groups in total. The zero-order chi connectivity index (χ0) is 34.1. The summed E-state index contributed by atoms with van der Waals surface area (Å²) in [4.78, 5) is 37.9. The number of alkyl halides is 1. The van der Waals surface area contributed by atoms with Crippen molar-refractivity contribution in [2.45, 2.75) is 82.3 Å². The number of nitrogens with zero attached hydrogens (tertiary/aromatic N) is 7. The van der Waals surface area contributed by atoms with Crippen molar-refractivity contribution in [2.75, 3.05) is 37.7 Å². The van der Waals surface area contributed by atoms with Crippen LogP contribution in [0.5, 0.6) is 6.01 Å². The molecule has 1 aromatic carbocycles. The third-order valence-electron chi connectivity index (χ3n) is 10.6. The van der Waals surface area contributed by atoms with Crippen LogP contribution in [0.4, 0.5) is 19.4 Å². The van der Waals surface area contributed by atoms with Gasteiger partial charge in [0.05, 0.1) is 23.0 Å². The van der Waals surface area contributed by atoms with Crippen LogP contribution in [0, 0.1) is 5.82 Å². The van der Waals surface area contributed by atoms with Crippen molar-refractivity contribution in [3.63, 3.8) is 0 Å². The number of aromatic nitrogens is 4. The van der Waals surface area contributed by atoms with Crippen LogP contribution in [-0.4, -0.2) is 98.0 Å². The molecule has 7 heterocycles. The molecule has 4 aliphatic rings. The Morgan fingerprint density at radius 3 is 2.67 bits per heavy atom. The number of pyridine rings is 2. The highest BCUT2D eigenvalue weighted by Gasteiger charge is 2.50. The molecule has 4 aromatic rings. The maximum absolute atomic E-state index is 16.9. The Labute approximate surface area is 284 Å². The van der Waals surface area contributed by atoms with Crippen LogP contribution in [-0.2, 0) is 4.74 Å². The molecule has 8 rings (SSSR count). The van der Waals surface area contributed by atoms with Gasteiger partial charge in [0, 0.05) is 61.0 Å². The molecule has 0 spiro atoms. The van der Waals surface area contributed by atoms with Crippen LogP contribution in [0.2, 0.25) is 0 Å². The number of halogens is 2. The van der Waals surface area contributed by atoms with Crippen molar-refractivity contribution in [1.29, 1.82) is 0 Å². The zero-order valence-corrected chi connectivity index (χ0v) is 28.2. The van der Waals surface area contributed by atoms with Crippen molar-refractivity contribution in [2.24, 2.45) is 0 Å². The summed E-state index contributed by atoms with van der Waals surface area (Å²) in [5.74, 6) is -0.114. The molecule has 3 aromatic heterocycles. The molecule has 0 radical (unpaired) electrons. The Kier molecular flexibility index (Phi) is 7.69. The predicted octanol–water partition coefficient (Wildman–Crippen LogP) is 6.57. The molecule has 4 saturated heterocycles. The molecule has 12 heteroatoms.